The largest absolute Gasteiger partial charge is 0.494 e. The first-order valence-corrected chi connectivity index (χ1v) is 5.67. The molecule has 0 unspecified atom stereocenters. The third-order valence-corrected chi connectivity index (χ3v) is 3.59. The number of thiazole rings is 1. The summed E-state index contributed by atoms with van der Waals surface area (Å²) in [6.07, 6.45) is 0. The Hall–Kier alpha value is -0.870. The van der Waals surface area contributed by atoms with Crippen LogP contribution in [0, 0.1) is 3.95 Å². The number of ether oxygens (including phenoxy) is 1. The number of benzene rings is 1. The molecule has 0 aliphatic rings. The molecule has 0 aliphatic carbocycles. The molecule has 1 heterocycles. The lowest BCUT2D eigenvalue weighted by Gasteiger charge is -2.02. The predicted molar refractivity (Wildman–Crippen MR) is 62.8 cm³/mol. The van der Waals surface area contributed by atoms with Crippen LogP contribution >= 0.6 is 23.6 Å². The minimum absolute atomic E-state index is 0.698. The highest BCUT2D eigenvalue weighted by Crippen LogP contribution is 2.26. The van der Waals surface area contributed by atoms with Crippen molar-refractivity contribution in [2.45, 2.75) is 6.92 Å². The normalized spacial score (nSPS) is 10.7. The summed E-state index contributed by atoms with van der Waals surface area (Å²) in [5.74, 6) is 0.914. The van der Waals surface area contributed by atoms with Crippen molar-refractivity contribution >= 4 is 33.8 Å². The highest BCUT2D eigenvalue weighted by Gasteiger charge is 2.02. The summed E-state index contributed by atoms with van der Waals surface area (Å²) in [6.45, 7) is 2.68. The Bertz CT molecular complexity index is 512. The summed E-state index contributed by atoms with van der Waals surface area (Å²) in [5, 5.41) is 0. The second-order valence-corrected chi connectivity index (χ2v) is 4.67. The van der Waals surface area contributed by atoms with Gasteiger partial charge in [0.1, 0.15) is 5.75 Å². The number of hydrogen-bond acceptors (Lipinski definition) is 3. The van der Waals surface area contributed by atoms with E-state index in [0.717, 1.165) is 9.70 Å². The van der Waals surface area contributed by atoms with Crippen molar-refractivity contribution < 1.29 is 4.74 Å². The molecular weight excluding hydrogens is 214 g/mol. The van der Waals surface area contributed by atoms with Gasteiger partial charge in [0.05, 0.1) is 16.8 Å². The summed E-state index contributed by atoms with van der Waals surface area (Å²) >= 11 is 6.82. The number of aryl methyl sites for hydroxylation is 1. The van der Waals surface area contributed by atoms with Crippen molar-refractivity contribution in [3.05, 3.63) is 22.2 Å². The molecule has 2 aromatic rings. The van der Waals surface area contributed by atoms with Crippen molar-refractivity contribution in [1.82, 2.24) is 4.57 Å². The number of hydrogen-bond donors (Lipinski definition) is 0. The van der Waals surface area contributed by atoms with Gasteiger partial charge in [-0.25, -0.2) is 0 Å². The van der Waals surface area contributed by atoms with Gasteiger partial charge in [-0.1, -0.05) is 0 Å². The van der Waals surface area contributed by atoms with Gasteiger partial charge in [0.25, 0.3) is 0 Å². The van der Waals surface area contributed by atoms with Crippen molar-refractivity contribution in [1.29, 1.82) is 0 Å². The van der Waals surface area contributed by atoms with Crippen LogP contribution in [-0.4, -0.2) is 11.2 Å². The van der Waals surface area contributed by atoms with Gasteiger partial charge in [-0.05, 0) is 37.3 Å². The molecule has 0 saturated heterocycles. The Morgan fingerprint density at radius 2 is 2.29 bits per heavy atom. The van der Waals surface area contributed by atoms with Crippen molar-refractivity contribution in [3.8, 4) is 5.75 Å². The minimum Gasteiger partial charge on any atom is -0.494 e. The Morgan fingerprint density at radius 3 is 3.00 bits per heavy atom. The van der Waals surface area contributed by atoms with Crippen molar-refractivity contribution in [2.24, 2.45) is 7.05 Å². The van der Waals surface area contributed by atoms with E-state index in [2.05, 4.69) is 0 Å². The lowest BCUT2D eigenvalue weighted by atomic mass is 10.3. The molecule has 0 amide bonds. The molecule has 1 aromatic carbocycles. The average Bonchev–Trinajstić information content (AvgIpc) is 2.43. The maximum absolute atomic E-state index is 5.43. The number of rotatable bonds is 2. The van der Waals surface area contributed by atoms with Gasteiger partial charge in [-0.15, -0.1) is 11.3 Å². The second-order valence-electron chi connectivity index (χ2n) is 2.99. The van der Waals surface area contributed by atoms with E-state index < -0.39 is 0 Å². The summed E-state index contributed by atoms with van der Waals surface area (Å²) in [6, 6.07) is 6.07. The summed E-state index contributed by atoms with van der Waals surface area (Å²) in [7, 11) is 1.99. The van der Waals surface area contributed by atoms with Crippen LogP contribution in [0.3, 0.4) is 0 Å². The molecule has 0 bridgehead atoms. The zero-order chi connectivity index (χ0) is 10.1. The lowest BCUT2D eigenvalue weighted by molar-refractivity contribution is 0.341. The molecule has 0 aliphatic heterocycles. The number of fused-ring (bicyclic) bond motifs is 1. The van der Waals surface area contributed by atoms with Gasteiger partial charge in [0, 0.05) is 7.05 Å². The SMILES string of the molecule is CCOc1ccc2c(c1)sc(=S)n2C. The van der Waals surface area contributed by atoms with E-state index in [-0.39, 0.29) is 0 Å². The highest BCUT2D eigenvalue weighted by atomic mass is 32.1. The zero-order valence-corrected chi connectivity index (χ0v) is 9.74. The Labute approximate surface area is 91.8 Å². The first-order valence-electron chi connectivity index (χ1n) is 4.44. The Balaban J connectivity index is 2.61. The maximum Gasteiger partial charge on any atom is 0.161 e. The van der Waals surface area contributed by atoms with Gasteiger partial charge in [0.15, 0.2) is 3.95 Å². The van der Waals surface area contributed by atoms with E-state index >= 15 is 0 Å². The summed E-state index contributed by atoms with van der Waals surface area (Å²) < 4.78 is 9.53. The standard InChI is InChI=1S/C10H11NOS2/c1-3-12-7-4-5-8-9(6-7)14-10(13)11(8)2/h4-6H,3H2,1-2H3. The third-order valence-electron chi connectivity index (χ3n) is 2.07. The molecule has 0 atom stereocenters. The van der Waals surface area contributed by atoms with Crippen molar-refractivity contribution in [2.75, 3.05) is 6.61 Å². The fraction of sp³-hybridized carbons (Fsp3) is 0.300. The van der Waals surface area contributed by atoms with Gasteiger partial charge in [-0.2, -0.15) is 0 Å². The van der Waals surface area contributed by atoms with Gasteiger partial charge in [-0.3, -0.25) is 0 Å². The molecule has 0 saturated carbocycles. The molecule has 4 heteroatoms. The molecule has 14 heavy (non-hydrogen) atoms. The van der Waals surface area contributed by atoms with Gasteiger partial charge in [0.2, 0.25) is 0 Å². The fourth-order valence-electron chi connectivity index (χ4n) is 1.37. The predicted octanol–water partition coefficient (Wildman–Crippen LogP) is 3.37. The molecule has 0 N–H and O–H groups in total. The molecule has 0 spiro atoms. The van der Waals surface area contributed by atoms with Gasteiger partial charge >= 0.3 is 0 Å². The molecule has 2 nitrogen and oxygen atoms in total. The highest BCUT2D eigenvalue weighted by molar-refractivity contribution is 7.73. The topological polar surface area (TPSA) is 14.2 Å². The molecule has 2 rings (SSSR count). The van der Waals surface area contributed by atoms with E-state index in [1.165, 1.54) is 10.2 Å². The number of nitrogens with zero attached hydrogens (tertiary/aromatic N) is 1. The lowest BCUT2D eigenvalue weighted by Crippen LogP contribution is -1.91. The fourth-order valence-corrected chi connectivity index (χ4v) is 2.65. The first kappa shape index (κ1) is 9.68. The second kappa shape index (κ2) is 3.71. The van der Waals surface area contributed by atoms with Crippen LogP contribution in [0.1, 0.15) is 6.92 Å². The maximum atomic E-state index is 5.43. The van der Waals surface area contributed by atoms with Crippen LogP contribution in [0.2, 0.25) is 0 Å². The van der Waals surface area contributed by atoms with Crippen LogP contribution in [0.4, 0.5) is 0 Å². The molecule has 0 radical (unpaired) electrons. The van der Waals surface area contributed by atoms with E-state index in [0.29, 0.717) is 6.61 Å². The van der Waals surface area contributed by atoms with Crippen LogP contribution < -0.4 is 4.74 Å². The van der Waals surface area contributed by atoms with Crippen LogP contribution in [0.15, 0.2) is 18.2 Å². The zero-order valence-electron chi connectivity index (χ0n) is 8.11. The first-order chi connectivity index (χ1) is 6.72. The van der Waals surface area contributed by atoms with E-state index in [4.69, 9.17) is 17.0 Å². The summed E-state index contributed by atoms with van der Waals surface area (Å²) in [4.78, 5) is 0. The van der Waals surface area contributed by atoms with Gasteiger partial charge < -0.3 is 9.30 Å². The van der Waals surface area contributed by atoms with Crippen LogP contribution in [0.5, 0.6) is 5.75 Å². The quantitative estimate of drug-likeness (QED) is 0.727. The van der Waals surface area contributed by atoms with E-state index in [1.54, 1.807) is 11.3 Å². The molecule has 0 fully saturated rings. The summed E-state index contributed by atoms with van der Waals surface area (Å²) in [5.41, 5.74) is 1.17. The van der Waals surface area contributed by atoms with Crippen molar-refractivity contribution in [3.63, 3.8) is 0 Å². The Morgan fingerprint density at radius 1 is 1.50 bits per heavy atom. The average molecular weight is 225 g/mol. The minimum atomic E-state index is 0.698. The van der Waals surface area contributed by atoms with E-state index in [9.17, 15) is 0 Å². The number of aromatic nitrogens is 1. The van der Waals surface area contributed by atoms with E-state index in [1.807, 2.05) is 36.7 Å². The van der Waals surface area contributed by atoms with Crippen LogP contribution in [0.25, 0.3) is 10.2 Å². The van der Waals surface area contributed by atoms with Crippen LogP contribution in [-0.2, 0) is 7.05 Å². The monoisotopic (exact) mass is 225 g/mol. The molecule has 1 aromatic heterocycles. The smallest absolute Gasteiger partial charge is 0.161 e. The molecular formula is C10H11NOS2. The Kier molecular flexibility index (Phi) is 2.56. The third kappa shape index (κ3) is 1.55. The molecule has 74 valence electrons.